The number of rotatable bonds is 13. The first-order chi connectivity index (χ1) is 8.35. The van der Waals surface area contributed by atoms with E-state index in [-0.39, 0.29) is 8.15 Å². The lowest BCUT2D eigenvalue weighted by Gasteiger charge is -2.17. The van der Waals surface area contributed by atoms with E-state index in [1.54, 1.807) is 0 Å². The van der Waals surface area contributed by atoms with Gasteiger partial charge in [-0.1, -0.05) is 59.3 Å². The first-order valence-electron chi connectivity index (χ1n) is 7.73. The fraction of sp³-hybridized carbons (Fsp3) is 1.00. The van der Waals surface area contributed by atoms with Crippen LogP contribution in [0.5, 0.6) is 0 Å². The standard InChI is InChI=1S/C15H33OP/c1-4-7-10-13-16-17(14-11-8-5-2)15-12-9-6-3/h4-15H2,1-3H3. The van der Waals surface area contributed by atoms with Gasteiger partial charge in [-0.2, -0.15) is 0 Å². The molecule has 0 unspecified atom stereocenters. The van der Waals surface area contributed by atoms with Gasteiger partial charge in [0.2, 0.25) is 0 Å². The third kappa shape index (κ3) is 12.6. The van der Waals surface area contributed by atoms with Gasteiger partial charge in [-0.3, -0.25) is 0 Å². The van der Waals surface area contributed by atoms with E-state index in [1.165, 1.54) is 70.1 Å². The van der Waals surface area contributed by atoms with Crippen molar-refractivity contribution in [1.82, 2.24) is 0 Å². The lowest BCUT2D eigenvalue weighted by atomic mass is 10.3. The number of hydrogen-bond acceptors (Lipinski definition) is 1. The second-order valence-corrected chi connectivity index (χ2v) is 7.00. The summed E-state index contributed by atoms with van der Waals surface area (Å²) >= 11 is 0. The summed E-state index contributed by atoms with van der Waals surface area (Å²) in [5, 5.41) is 0. The highest BCUT2D eigenvalue weighted by atomic mass is 31.1. The van der Waals surface area contributed by atoms with Gasteiger partial charge in [-0.05, 0) is 31.6 Å². The monoisotopic (exact) mass is 260 g/mol. The van der Waals surface area contributed by atoms with Gasteiger partial charge in [0.25, 0.3) is 0 Å². The zero-order valence-electron chi connectivity index (χ0n) is 12.3. The van der Waals surface area contributed by atoms with Crippen molar-refractivity contribution >= 4 is 8.15 Å². The highest BCUT2D eigenvalue weighted by molar-refractivity contribution is 7.52. The van der Waals surface area contributed by atoms with Crippen LogP contribution in [0.3, 0.4) is 0 Å². The minimum Gasteiger partial charge on any atom is -0.359 e. The Balaban J connectivity index is 3.60. The maximum Gasteiger partial charge on any atom is 0.0508 e. The average molecular weight is 260 g/mol. The van der Waals surface area contributed by atoms with Crippen molar-refractivity contribution in [3.8, 4) is 0 Å². The number of unbranched alkanes of at least 4 members (excludes halogenated alkanes) is 6. The lowest BCUT2D eigenvalue weighted by molar-refractivity contribution is 0.336. The first-order valence-corrected chi connectivity index (χ1v) is 9.36. The van der Waals surface area contributed by atoms with E-state index < -0.39 is 0 Å². The Labute approximate surface area is 111 Å². The SMILES string of the molecule is CCCCCOP(CCCCC)CCCCC. The molecule has 0 aromatic heterocycles. The predicted octanol–water partition coefficient (Wildman–Crippen LogP) is 5.97. The molecule has 0 saturated carbocycles. The van der Waals surface area contributed by atoms with Crippen molar-refractivity contribution in [3.05, 3.63) is 0 Å². The molecule has 0 N–H and O–H groups in total. The predicted molar refractivity (Wildman–Crippen MR) is 81.2 cm³/mol. The second-order valence-electron chi connectivity index (χ2n) is 4.88. The summed E-state index contributed by atoms with van der Waals surface area (Å²) in [6, 6.07) is 0. The summed E-state index contributed by atoms with van der Waals surface area (Å²) in [6.07, 6.45) is 14.7. The molecule has 0 radical (unpaired) electrons. The molecule has 0 heterocycles. The molecular weight excluding hydrogens is 227 g/mol. The van der Waals surface area contributed by atoms with Gasteiger partial charge in [0, 0.05) is 8.15 Å². The highest BCUT2D eigenvalue weighted by Gasteiger charge is 2.08. The summed E-state index contributed by atoms with van der Waals surface area (Å²) in [5.74, 6) is 0. The average Bonchev–Trinajstić information content (AvgIpc) is 2.34. The van der Waals surface area contributed by atoms with Crippen LogP contribution in [0.4, 0.5) is 0 Å². The van der Waals surface area contributed by atoms with Crippen molar-refractivity contribution in [2.45, 2.75) is 78.6 Å². The van der Waals surface area contributed by atoms with Crippen molar-refractivity contribution in [2.75, 3.05) is 18.9 Å². The fourth-order valence-corrected chi connectivity index (χ4v) is 3.88. The van der Waals surface area contributed by atoms with Crippen LogP contribution >= 0.6 is 8.15 Å². The first kappa shape index (κ1) is 17.4. The van der Waals surface area contributed by atoms with E-state index in [0.717, 1.165) is 6.61 Å². The summed E-state index contributed by atoms with van der Waals surface area (Å²) in [6.45, 7) is 7.83. The van der Waals surface area contributed by atoms with Crippen LogP contribution in [0.2, 0.25) is 0 Å². The van der Waals surface area contributed by atoms with E-state index in [4.69, 9.17) is 4.52 Å². The van der Waals surface area contributed by atoms with Crippen LogP contribution in [-0.4, -0.2) is 18.9 Å². The molecule has 1 nitrogen and oxygen atoms in total. The summed E-state index contributed by atoms with van der Waals surface area (Å²) in [5.41, 5.74) is 0. The Kier molecular flexibility index (Phi) is 14.8. The minimum atomic E-state index is -0.100. The molecule has 0 aliphatic carbocycles. The molecule has 0 aliphatic heterocycles. The molecule has 0 bridgehead atoms. The molecule has 0 rings (SSSR count). The molecule has 0 amide bonds. The Morgan fingerprint density at radius 2 is 1.12 bits per heavy atom. The molecule has 17 heavy (non-hydrogen) atoms. The van der Waals surface area contributed by atoms with Crippen molar-refractivity contribution in [2.24, 2.45) is 0 Å². The third-order valence-electron chi connectivity index (χ3n) is 3.04. The molecule has 0 spiro atoms. The van der Waals surface area contributed by atoms with Crippen LogP contribution in [-0.2, 0) is 4.52 Å². The third-order valence-corrected chi connectivity index (χ3v) is 5.22. The van der Waals surface area contributed by atoms with Crippen LogP contribution in [0.15, 0.2) is 0 Å². The maximum absolute atomic E-state index is 6.10. The Bertz CT molecular complexity index is 129. The van der Waals surface area contributed by atoms with Crippen LogP contribution in [0.25, 0.3) is 0 Å². The molecule has 0 fully saturated rings. The fourth-order valence-electron chi connectivity index (χ4n) is 1.86. The molecule has 2 heteroatoms. The zero-order chi connectivity index (χ0) is 12.8. The van der Waals surface area contributed by atoms with E-state index in [9.17, 15) is 0 Å². The summed E-state index contributed by atoms with van der Waals surface area (Å²) in [4.78, 5) is 0. The van der Waals surface area contributed by atoms with E-state index >= 15 is 0 Å². The number of hydrogen-bond donors (Lipinski definition) is 0. The van der Waals surface area contributed by atoms with E-state index in [2.05, 4.69) is 20.8 Å². The second kappa shape index (κ2) is 14.5. The van der Waals surface area contributed by atoms with Gasteiger partial charge < -0.3 is 4.52 Å². The molecule has 0 saturated heterocycles. The Morgan fingerprint density at radius 3 is 1.59 bits per heavy atom. The topological polar surface area (TPSA) is 9.23 Å². The molecule has 0 atom stereocenters. The summed E-state index contributed by atoms with van der Waals surface area (Å²) in [7, 11) is -0.100. The van der Waals surface area contributed by atoms with Gasteiger partial charge in [0.05, 0.1) is 6.61 Å². The van der Waals surface area contributed by atoms with E-state index in [1.807, 2.05) is 0 Å². The van der Waals surface area contributed by atoms with Crippen molar-refractivity contribution < 1.29 is 4.52 Å². The molecular formula is C15H33OP. The quantitative estimate of drug-likeness (QED) is 0.293. The molecule has 104 valence electrons. The van der Waals surface area contributed by atoms with Crippen LogP contribution < -0.4 is 0 Å². The Morgan fingerprint density at radius 1 is 0.647 bits per heavy atom. The van der Waals surface area contributed by atoms with Crippen LogP contribution in [0.1, 0.15) is 78.6 Å². The normalized spacial score (nSPS) is 11.3. The van der Waals surface area contributed by atoms with E-state index in [0.29, 0.717) is 0 Å². The van der Waals surface area contributed by atoms with Gasteiger partial charge in [0.15, 0.2) is 0 Å². The van der Waals surface area contributed by atoms with Gasteiger partial charge >= 0.3 is 0 Å². The zero-order valence-corrected chi connectivity index (χ0v) is 13.2. The van der Waals surface area contributed by atoms with Gasteiger partial charge in [0.1, 0.15) is 0 Å². The van der Waals surface area contributed by atoms with Crippen LogP contribution in [0, 0.1) is 0 Å². The molecule has 0 aliphatic rings. The van der Waals surface area contributed by atoms with Gasteiger partial charge in [-0.25, -0.2) is 0 Å². The highest BCUT2D eigenvalue weighted by Crippen LogP contribution is 2.39. The van der Waals surface area contributed by atoms with Gasteiger partial charge in [-0.15, -0.1) is 0 Å². The lowest BCUT2D eigenvalue weighted by Crippen LogP contribution is -1.98. The van der Waals surface area contributed by atoms with Crippen molar-refractivity contribution in [1.29, 1.82) is 0 Å². The summed E-state index contributed by atoms with van der Waals surface area (Å²) < 4.78 is 6.10. The smallest absolute Gasteiger partial charge is 0.0508 e. The van der Waals surface area contributed by atoms with Crippen molar-refractivity contribution in [3.63, 3.8) is 0 Å². The molecule has 0 aromatic rings. The maximum atomic E-state index is 6.10. The molecule has 0 aromatic carbocycles. The minimum absolute atomic E-state index is 0.100. The Hall–Kier alpha value is 0.390. The largest absolute Gasteiger partial charge is 0.359 e.